The van der Waals surface area contributed by atoms with Crippen LogP contribution in [0.15, 0.2) is 46.9 Å². The second kappa shape index (κ2) is 8.05. The molecule has 0 aliphatic carbocycles. The number of carbonyl (C=O) groups is 2. The minimum Gasteiger partial charge on any atom is -0.475 e. The van der Waals surface area contributed by atoms with Crippen molar-refractivity contribution in [3.63, 3.8) is 0 Å². The van der Waals surface area contributed by atoms with Crippen molar-refractivity contribution in [3.8, 4) is 0 Å². The molecule has 138 valence electrons. The maximum Gasteiger partial charge on any atom is 0.371 e. The third kappa shape index (κ3) is 4.43. The van der Waals surface area contributed by atoms with E-state index in [0.717, 1.165) is 26.1 Å². The van der Waals surface area contributed by atoms with Crippen LogP contribution in [0.3, 0.4) is 0 Å². The Morgan fingerprint density at radius 2 is 2.04 bits per heavy atom. The van der Waals surface area contributed by atoms with Gasteiger partial charge in [0.2, 0.25) is 5.76 Å². The summed E-state index contributed by atoms with van der Waals surface area (Å²) in [5.41, 5.74) is 1.27. The number of hydrogen-bond donors (Lipinski definition) is 2. The van der Waals surface area contributed by atoms with Crippen LogP contribution in [0.2, 0.25) is 0 Å². The molecule has 1 aromatic carbocycles. The summed E-state index contributed by atoms with van der Waals surface area (Å²) < 4.78 is 5.14. The fourth-order valence-electron chi connectivity index (χ4n) is 3.15. The Hall–Kier alpha value is -2.80. The Kier molecular flexibility index (Phi) is 5.58. The number of amides is 2. The number of nitrogens with one attached hydrogen (secondary N) is 1. The zero-order chi connectivity index (χ0) is 18.5. The highest BCUT2D eigenvalue weighted by molar-refractivity contribution is 5.84. The molecular formula is C19H23N3O4. The molecule has 0 saturated carbocycles. The summed E-state index contributed by atoms with van der Waals surface area (Å²) in [4.78, 5) is 27.2. The highest BCUT2D eigenvalue weighted by atomic mass is 16.4. The fourth-order valence-corrected chi connectivity index (χ4v) is 3.15. The summed E-state index contributed by atoms with van der Waals surface area (Å²) in [6.07, 6.45) is 0.931. The van der Waals surface area contributed by atoms with E-state index in [9.17, 15) is 9.59 Å². The molecule has 1 atom stereocenters. The number of carboxylic acid groups (broad SMARTS) is 1. The van der Waals surface area contributed by atoms with E-state index in [2.05, 4.69) is 22.3 Å². The van der Waals surface area contributed by atoms with E-state index in [0.29, 0.717) is 5.76 Å². The largest absolute Gasteiger partial charge is 0.475 e. The molecule has 1 fully saturated rings. The van der Waals surface area contributed by atoms with Crippen molar-refractivity contribution >= 4 is 12.0 Å². The van der Waals surface area contributed by atoms with Gasteiger partial charge < -0.3 is 19.7 Å². The minimum absolute atomic E-state index is 0.130. The number of likely N-dealkylation sites (N-methyl/N-ethyl adjacent to an activating group) is 1. The van der Waals surface area contributed by atoms with Gasteiger partial charge in [-0.2, -0.15) is 0 Å². The highest BCUT2D eigenvalue weighted by Crippen LogP contribution is 2.17. The SMILES string of the molecule is CN(C(=O)NCc1ccc(C(=O)O)o1)[C@H]1CCN(Cc2ccccc2)C1. The molecule has 0 bridgehead atoms. The van der Waals surface area contributed by atoms with Gasteiger partial charge in [0, 0.05) is 32.7 Å². The van der Waals surface area contributed by atoms with Gasteiger partial charge in [-0.15, -0.1) is 0 Å². The van der Waals surface area contributed by atoms with Gasteiger partial charge in [0.25, 0.3) is 0 Å². The first kappa shape index (κ1) is 18.0. The molecule has 1 aliphatic heterocycles. The molecule has 2 amide bonds. The maximum atomic E-state index is 12.3. The predicted molar refractivity (Wildman–Crippen MR) is 95.8 cm³/mol. The smallest absolute Gasteiger partial charge is 0.371 e. The third-order valence-corrected chi connectivity index (χ3v) is 4.65. The number of rotatable bonds is 6. The van der Waals surface area contributed by atoms with E-state index in [-0.39, 0.29) is 24.4 Å². The Bertz CT molecular complexity index is 759. The highest BCUT2D eigenvalue weighted by Gasteiger charge is 2.28. The Morgan fingerprint density at radius 1 is 1.27 bits per heavy atom. The monoisotopic (exact) mass is 357 g/mol. The molecular weight excluding hydrogens is 334 g/mol. The number of carboxylic acids is 1. The van der Waals surface area contributed by atoms with Crippen LogP contribution in [0.4, 0.5) is 4.79 Å². The molecule has 0 radical (unpaired) electrons. The summed E-state index contributed by atoms with van der Waals surface area (Å²) in [7, 11) is 1.79. The van der Waals surface area contributed by atoms with Gasteiger partial charge in [0.15, 0.2) is 0 Å². The van der Waals surface area contributed by atoms with E-state index >= 15 is 0 Å². The molecule has 1 aliphatic rings. The first-order valence-corrected chi connectivity index (χ1v) is 8.62. The second-order valence-corrected chi connectivity index (χ2v) is 6.50. The standard InChI is InChI=1S/C19H23N3O4/c1-21(19(25)20-11-16-7-8-17(26-16)18(23)24)15-9-10-22(13-15)12-14-5-3-2-4-6-14/h2-8,15H,9-13H2,1H3,(H,20,25)(H,23,24)/t15-/m0/s1. The molecule has 26 heavy (non-hydrogen) atoms. The van der Waals surface area contributed by atoms with Crippen molar-refractivity contribution in [1.29, 1.82) is 0 Å². The van der Waals surface area contributed by atoms with Gasteiger partial charge in [-0.25, -0.2) is 9.59 Å². The minimum atomic E-state index is -1.12. The number of nitrogens with zero attached hydrogens (tertiary/aromatic N) is 2. The average Bonchev–Trinajstić information content (AvgIpc) is 3.29. The van der Waals surface area contributed by atoms with Crippen molar-refractivity contribution in [2.75, 3.05) is 20.1 Å². The quantitative estimate of drug-likeness (QED) is 0.829. The topological polar surface area (TPSA) is 86.0 Å². The fraction of sp³-hybridized carbons (Fsp3) is 0.368. The Morgan fingerprint density at radius 3 is 2.73 bits per heavy atom. The zero-order valence-electron chi connectivity index (χ0n) is 14.7. The molecule has 7 nitrogen and oxygen atoms in total. The van der Waals surface area contributed by atoms with E-state index in [1.807, 2.05) is 18.2 Å². The summed E-state index contributed by atoms with van der Waals surface area (Å²) in [6.45, 7) is 2.84. The predicted octanol–water partition coefficient (Wildman–Crippen LogP) is 2.39. The number of benzene rings is 1. The van der Waals surface area contributed by atoms with Crippen LogP contribution in [-0.4, -0.2) is 53.1 Å². The molecule has 1 saturated heterocycles. The average molecular weight is 357 g/mol. The van der Waals surface area contributed by atoms with Gasteiger partial charge >= 0.3 is 12.0 Å². The summed E-state index contributed by atoms with van der Waals surface area (Å²) in [5.74, 6) is -0.833. The number of likely N-dealkylation sites (tertiary alicyclic amines) is 1. The van der Waals surface area contributed by atoms with Crippen LogP contribution in [0.5, 0.6) is 0 Å². The molecule has 2 N–H and O–H groups in total. The van der Waals surface area contributed by atoms with Crippen molar-refractivity contribution in [3.05, 3.63) is 59.5 Å². The van der Waals surface area contributed by atoms with Gasteiger partial charge in [-0.1, -0.05) is 30.3 Å². The first-order valence-electron chi connectivity index (χ1n) is 8.62. The molecule has 3 rings (SSSR count). The van der Waals surface area contributed by atoms with E-state index in [4.69, 9.17) is 9.52 Å². The lowest BCUT2D eigenvalue weighted by atomic mass is 10.2. The van der Waals surface area contributed by atoms with Gasteiger partial charge in [-0.3, -0.25) is 4.90 Å². The molecule has 2 heterocycles. The van der Waals surface area contributed by atoms with E-state index in [1.54, 1.807) is 18.0 Å². The van der Waals surface area contributed by atoms with E-state index in [1.165, 1.54) is 11.6 Å². The number of furan rings is 1. The van der Waals surface area contributed by atoms with Gasteiger partial charge in [0.1, 0.15) is 5.76 Å². The molecule has 7 heteroatoms. The van der Waals surface area contributed by atoms with Crippen molar-refractivity contribution in [1.82, 2.24) is 15.1 Å². The number of urea groups is 1. The van der Waals surface area contributed by atoms with Crippen molar-refractivity contribution in [2.24, 2.45) is 0 Å². The van der Waals surface area contributed by atoms with Gasteiger partial charge in [-0.05, 0) is 24.1 Å². The summed E-state index contributed by atoms with van der Waals surface area (Å²) in [5, 5.41) is 11.6. The second-order valence-electron chi connectivity index (χ2n) is 6.50. The van der Waals surface area contributed by atoms with Gasteiger partial charge in [0.05, 0.1) is 6.54 Å². The molecule has 1 aromatic heterocycles. The number of hydrogen-bond acceptors (Lipinski definition) is 4. The number of aromatic carboxylic acids is 1. The molecule has 0 spiro atoms. The Labute approximate surface area is 152 Å². The van der Waals surface area contributed by atoms with Crippen molar-refractivity contribution < 1.29 is 19.1 Å². The lowest BCUT2D eigenvalue weighted by Gasteiger charge is -2.25. The van der Waals surface area contributed by atoms with Crippen LogP contribution < -0.4 is 5.32 Å². The maximum absolute atomic E-state index is 12.3. The van der Waals surface area contributed by atoms with E-state index < -0.39 is 5.97 Å². The molecule has 2 aromatic rings. The van der Waals surface area contributed by atoms with Crippen LogP contribution in [-0.2, 0) is 13.1 Å². The number of carbonyl (C=O) groups excluding carboxylic acids is 1. The first-order chi connectivity index (χ1) is 12.5. The third-order valence-electron chi connectivity index (χ3n) is 4.65. The zero-order valence-corrected chi connectivity index (χ0v) is 14.7. The lowest BCUT2D eigenvalue weighted by molar-refractivity contribution is 0.0660. The summed E-state index contributed by atoms with van der Waals surface area (Å²) in [6, 6.07) is 13.2. The molecule has 0 unspecified atom stereocenters. The Balaban J connectivity index is 1.47. The normalized spacial score (nSPS) is 17.2. The summed E-state index contributed by atoms with van der Waals surface area (Å²) >= 11 is 0. The van der Waals surface area contributed by atoms with Crippen LogP contribution in [0.1, 0.15) is 28.3 Å². The van der Waals surface area contributed by atoms with Crippen LogP contribution in [0, 0.1) is 0 Å². The van der Waals surface area contributed by atoms with Crippen molar-refractivity contribution in [2.45, 2.75) is 25.6 Å². The lowest BCUT2D eigenvalue weighted by Crippen LogP contribution is -2.44. The van der Waals surface area contributed by atoms with Crippen LogP contribution >= 0.6 is 0 Å². The van der Waals surface area contributed by atoms with Crippen LogP contribution in [0.25, 0.3) is 0 Å².